The van der Waals surface area contributed by atoms with E-state index in [2.05, 4.69) is 19.8 Å². The summed E-state index contributed by atoms with van der Waals surface area (Å²) in [7, 11) is -3.99. The zero-order valence-corrected chi connectivity index (χ0v) is 13.5. The molecule has 1 N–H and O–H groups in total. The Balaban J connectivity index is 1.86. The third-order valence-corrected chi connectivity index (χ3v) is 4.77. The third-order valence-electron chi connectivity index (χ3n) is 3.33. The fourth-order valence-electron chi connectivity index (χ4n) is 2.17. The lowest BCUT2D eigenvalue weighted by Gasteiger charge is -2.10. The Morgan fingerprint density at radius 1 is 1.29 bits per heavy atom. The van der Waals surface area contributed by atoms with E-state index in [4.69, 9.17) is 0 Å². The lowest BCUT2D eigenvalue weighted by atomic mass is 10.2. The average Bonchev–Trinajstić information content (AvgIpc) is 3.07. The lowest BCUT2D eigenvalue weighted by molar-refractivity contribution is 0.556. The molecule has 3 aromatic rings. The van der Waals surface area contributed by atoms with Crippen LogP contribution in [-0.4, -0.2) is 28.2 Å². The fourth-order valence-corrected chi connectivity index (χ4v) is 3.23. The van der Waals surface area contributed by atoms with Gasteiger partial charge < -0.3 is 0 Å². The van der Waals surface area contributed by atoms with Crippen molar-refractivity contribution in [2.24, 2.45) is 0 Å². The molecule has 2 aromatic heterocycles. The summed E-state index contributed by atoms with van der Waals surface area (Å²) in [4.78, 5) is 7.63. The van der Waals surface area contributed by atoms with Gasteiger partial charge >= 0.3 is 0 Å². The molecule has 0 radical (unpaired) electrons. The predicted octanol–water partition coefficient (Wildman–Crippen LogP) is 1.59. The Hall–Kier alpha value is -2.65. The maximum Gasteiger partial charge on any atom is 0.243 e. The number of hydrogen-bond donors (Lipinski definition) is 1. The molecule has 124 valence electrons. The Bertz CT molecular complexity index is 958. The van der Waals surface area contributed by atoms with Crippen molar-refractivity contribution >= 4 is 10.0 Å². The first-order valence-corrected chi connectivity index (χ1v) is 8.50. The highest BCUT2D eigenvalue weighted by Crippen LogP contribution is 2.17. The molecule has 7 nitrogen and oxygen atoms in total. The molecular weight excluding hydrogens is 333 g/mol. The summed E-state index contributed by atoms with van der Waals surface area (Å²) in [6.45, 7) is 1.63. The second kappa shape index (κ2) is 6.46. The zero-order chi connectivity index (χ0) is 17.2. The van der Waals surface area contributed by atoms with E-state index >= 15 is 0 Å². The van der Waals surface area contributed by atoms with Crippen molar-refractivity contribution in [1.29, 1.82) is 0 Å². The Labute approximate surface area is 138 Å². The van der Waals surface area contributed by atoms with Gasteiger partial charge in [0.1, 0.15) is 23.4 Å². The van der Waals surface area contributed by atoms with E-state index in [1.54, 1.807) is 31.3 Å². The first-order valence-electron chi connectivity index (χ1n) is 7.02. The number of halogens is 1. The van der Waals surface area contributed by atoms with E-state index in [-0.39, 0.29) is 11.4 Å². The Kier molecular flexibility index (Phi) is 4.36. The summed E-state index contributed by atoms with van der Waals surface area (Å²) < 4.78 is 42.4. The van der Waals surface area contributed by atoms with Crippen LogP contribution < -0.4 is 4.72 Å². The van der Waals surface area contributed by atoms with Crippen molar-refractivity contribution in [3.63, 3.8) is 0 Å². The van der Waals surface area contributed by atoms with E-state index in [9.17, 15) is 12.8 Å². The van der Waals surface area contributed by atoms with Crippen molar-refractivity contribution in [3.05, 3.63) is 66.1 Å². The summed E-state index contributed by atoms with van der Waals surface area (Å²) in [5.74, 6) is -0.340. The largest absolute Gasteiger partial charge is 0.243 e. The van der Waals surface area contributed by atoms with Gasteiger partial charge in [-0.05, 0) is 30.7 Å². The normalized spacial score (nSPS) is 11.6. The standard InChI is InChI=1S/C15H14FN5O2S/c1-11-4-5-14(13(16)7-11)24(22,23)20-8-12-3-2-6-18-15(12)21-10-17-9-19-21/h2-7,9-10,20H,8H2,1H3. The highest BCUT2D eigenvalue weighted by atomic mass is 32.2. The first-order chi connectivity index (χ1) is 11.5. The van der Waals surface area contributed by atoms with E-state index in [1.807, 2.05) is 0 Å². The van der Waals surface area contributed by atoms with Gasteiger partial charge in [-0.15, -0.1) is 0 Å². The molecule has 3 rings (SSSR count). The van der Waals surface area contributed by atoms with Gasteiger partial charge in [0.25, 0.3) is 0 Å². The predicted molar refractivity (Wildman–Crippen MR) is 84.3 cm³/mol. The van der Waals surface area contributed by atoms with E-state index < -0.39 is 15.8 Å². The lowest BCUT2D eigenvalue weighted by Crippen LogP contribution is -2.25. The minimum Gasteiger partial charge on any atom is -0.237 e. The summed E-state index contributed by atoms with van der Waals surface area (Å²) >= 11 is 0. The molecule has 9 heteroatoms. The van der Waals surface area contributed by atoms with Crippen molar-refractivity contribution in [1.82, 2.24) is 24.5 Å². The Morgan fingerprint density at radius 2 is 2.12 bits per heavy atom. The number of aromatic nitrogens is 4. The molecule has 0 fully saturated rings. The molecule has 0 atom stereocenters. The van der Waals surface area contributed by atoms with Gasteiger partial charge in [-0.3, -0.25) is 0 Å². The summed E-state index contributed by atoms with van der Waals surface area (Å²) in [5, 5.41) is 3.98. The number of pyridine rings is 1. The maximum atomic E-state index is 13.9. The van der Waals surface area contributed by atoms with Crippen LogP contribution in [-0.2, 0) is 16.6 Å². The highest BCUT2D eigenvalue weighted by Gasteiger charge is 2.19. The zero-order valence-electron chi connectivity index (χ0n) is 12.7. The molecule has 0 amide bonds. The second-order valence-electron chi connectivity index (χ2n) is 5.08. The van der Waals surface area contributed by atoms with Crippen LogP contribution in [0.1, 0.15) is 11.1 Å². The maximum absolute atomic E-state index is 13.9. The van der Waals surface area contributed by atoms with Crippen LogP contribution in [0.2, 0.25) is 0 Å². The number of rotatable bonds is 5. The van der Waals surface area contributed by atoms with Gasteiger partial charge in [-0.1, -0.05) is 12.1 Å². The SMILES string of the molecule is Cc1ccc(S(=O)(=O)NCc2cccnc2-n2cncn2)c(F)c1. The van der Waals surface area contributed by atoms with Crippen LogP contribution in [0.15, 0.2) is 54.1 Å². The van der Waals surface area contributed by atoms with Crippen molar-refractivity contribution in [2.75, 3.05) is 0 Å². The summed E-state index contributed by atoms with van der Waals surface area (Å²) in [6, 6.07) is 7.35. The monoisotopic (exact) mass is 347 g/mol. The minimum atomic E-state index is -3.99. The minimum absolute atomic E-state index is 0.0569. The molecule has 0 aliphatic rings. The summed E-state index contributed by atoms with van der Waals surface area (Å²) in [6.07, 6.45) is 4.37. The molecule has 0 saturated carbocycles. The number of aryl methyl sites for hydroxylation is 1. The number of nitrogens with one attached hydrogen (secondary N) is 1. The molecular formula is C15H14FN5O2S. The molecule has 1 aromatic carbocycles. The molecule has 0 saturated heterocycles. The van der Waals surface area contributed by atoms with Crippen molar-refractivity contribution in [3.8, 4) is 5.82 Å². The second-order valence-corrected chi connectivity index (χ2v) is 6.82. The van der Waals surface area contributed by atoms with Gasteiger partial charge in [0.05, 0.1) is 0 Å². The number of benzene rings is 1. The number of nitrogens with zero attached hydrogens (tertiary/aromatic N) is 4. The molecule has 0 aliphatic carbocycles. The van der Waals surface area contributed by atoms with Crippen molar-refractivity contribution < 1.29 is 12.8 Å². The van der Waals surface area contributed by atoms with Gasteiger partial charge in [0.15, 0.2) is 5.82 Å². The quantitative estimate of drug-likeness (QED) is 0.757. The van der Waals surface area contributed by atoms with Crippen LogP contribution in [0, 0.1) is 12.7 Å². The van der Waals surface area contributed by atoms with Crippen LogP contribution in [0.4, 0.5) is 4.39 Å². The number of hydrogen-bond acceptors (Lipinski definition) is 5. The van der Waals surface area contributed by atoms with Crippen LogP contribution in [0.25, 0.3) is 5.82 Å². The molecule has 24 heavy (non-hydrogen) atoms. The van der Waals surface area contributed by atoms with E-state index in [0.717, 1.165) is 0 Å². The van der Waals surface area contributed by atoms with Gasteiger partial charge in [0, 0.05) is 18.3 Å². The first kappa shape index (κ1) is 16.2. The molecule has 0 unspecified atom stereocenters. The smallest absolute Gasteiger partial charge is 0.237 e. The van der Waals surface area contributed by atoms with Crippen molar-refractivity contribution in [2.45, 2.75) is 18.4 Å². The topological polar surface area (TPSA) is 89.8 Å². The number of sulfonamides is 1. The fraction of sp³-hybridized carbons (Fsp3) is 0.133. The van der Waals surface area contributed by atoms with Gasteiger partial charge in [0.2, 0.25) is 10.0 Å². The average molecular weight is 347 g/mol. The third kappa shape index (κ3) is 3.31. The summed E-state index contributed by atoms with van der Waals surface area (Å²) in [5.41, 5.74) is 1.23. The van der Waals surface area contributed by atoms with Crippen LogP contribution >= 0.6 is 0 Å². The van der Waals surface area contributed by atoms with Gasteiger partial charge in [-0.25, -0.2) is 32.2 Å². The van der Waals surface area contributed by atoms with Gasteiger partial charge in [-0.2, -0.15) is 5.10 Å². The van der Waals surface area contributed by atoms with E-state index in [1.165, 1.54) is 29.5 Å². The highest BCUT2D eigenvalue weighted by molar-refractivity contribution is 7.89. The van der Waals surface area contributed by atoms with E-state index in [0.29, 0.717) is 16.9 Å². The van der Waals surface area contributed by atoms with Crippen LogP contribution in [0.5, 0.6) is 0 Å². The molecule has 0 bridgehead atoms. The molecule has 0 aliphatic heterocycles. The Morgan fingerprint density at radius 3 is 2.83 bits per heavy atom. The van der Waals surface area contributed by atoms with Crippen LogP contribution in [0.3, 0.4) is 0 Å². The molecule has 2 heterocycles. The molecule has 0 spiro atoms.